The molecule has 0 bridgehead atoms. The Bertz CT molecular complexity index is 901. The molecule has 4 rings (SSSR count). The fraction of sp³-hybridized carbons (Fsp3) is 0.583. The standard InChI is InChI=1S/C24H32N2O3S/c1-16(2)25-24(28)23-22(18-10-6-7-11-20(18)30-23)19-15-26(12-13-29-19)21(27)14-17-8-4-3-5-9-17/h6-7,10-11,16-17,19H,3-5,8-9,12-15H2,1-2H3,(H,25,28)/t19-/m0/s1. The van der Waals surface area contributed by atoms with E-state index in [0.717, 1.165) is 15.6 Å². The number of carbonyl (C=O) groups excluding carboxylic acids is 2. The summed E-state index contributed by atoms with van der Waals surface area (Å²) in [5.41, 5.74) is 0.934. The Morgan fingerprint density at radius 3 is 2.73 bits per heavy atom. The minimum atomic E-state index is -0.266. The first-order valence-electron chi connectivity index (χ1n) is 11.2. The monoisotopic (exact) mass is 428 g/mol. The van der Waals surface area contributed by atoms with Gasteiger partial charge < -0.3 is 15.0 Å². The third-order valence-corrected chi connectivity index (χ3v) is 7.37. The average molecular weight is 429 g/mol. The van der Waals surface area contributed by atoms with Crippen LogP contribution in [0.4, 0.5) is 0 Å². The molecule has 2 heterocycles. The maximum atomic E-state index is 13.0. The zero-order chi connectivity index (χ0) is 21.1. The lowest BCUT2D eigenvalue weighted by molar-refractivity contribution is -0.140. The summed E-state index contributed by atoms with van der Waals surface area (Å²) in [5, 5.41) is 4.08. The second-order valence-corrected chi connectivity index (χ2v) is 9.93. The van der Waals surface area contributed by atoms with Gasteiger partial charge in [0.1, 0.15) is 6.10 Å². The van der Waals surface area contributed by atoms with Gasteiger partial charge in [-0.15, -0.1) is 11.3 Å². The summed E-state index contributed by atoms with van der Waals surface area (Å²) in [6.07, 6.45) is 6.53. The van der Waals surface area contributed by atoms with Crippen LogP contribution in [0.3, 0.4) is 0 Å². The number of hydrogen-bond acceptors (Lipinski definition) is 4. The Labute approximate surface area is 182 Å². The predicted molar refractivity (Wildman–Crippen MR) is 121 cm³/mol. The van der Waals surface area contributed by atoms with E-state index in [1.807, 2.05) is 36.9 Å². The van der Waals surface area contributed by atoms with E-state index in [9.17, 15) is 9.59 Å². The van der Waals surface area contributed by atoms with Gasteiger partial charge in [-0.25, -0.2) is 0 Å². The summed E-state index contributed by atoms with van der Waals surface area (Å²) in [6, 6.07) is 8.16. The Balaban J connectivity index is 1.56. The molecule has 0 spiro atoms. The molecule has 1 saturated carbocycles. The van der Waals surface area contributed by atoms with Crippen LogP contribution in [0.5, 0.6) is 0 Å². The van der Waals surface area contributed by atoms with Crippen molar-refractivity contribution in [3.05, 3.63) is 34.7 Å². The highest BCUT2D eigenvalue weighted by atomic mass is 32.1. The Morgan fingerprint density at radius 2 is 1.97 bits per heavy atom. The Kier molecular flexibility index (Phi) is 6.74. The van der Waals surface area contributed by atoms with E-state index in [1.165, 1.54) is 43.4 Å². The van der Waals surface area contributed by atoms with Crippen molar-refractivity contribution in [2.45, 2.75) is 64.5 Å². The molecule has 1 aromatic heterocycles. The Morgan fingerprint density at radius 1 is 1.20 bits per heavy atom. The molecule has 0 unspecified atom stereocenters. The van der Waals surface area contributed by atoms with E-state index >= 15 is 0 Å². The molecule has 0 radical (unpaired) electrons. The van der Waals surface area contributed by atoms with Gasteiger partial charge in [0.2, 0.25) is 5.91 Å². The summed E-state index contributed by atoms with van der Waals surface area (Å²) in [5.74, 6) is 0.709. The summed E-state index contributed by atoms with van der Waals surface area (Å²) in [4.78, 5) is 28.6. The maximum absolute atomic E-state index is 13.0. The summed E-state index contributed by atoms with van der Waals surface area (Å²) in [7, 11) is 0. The highest BCUT2D eigenvalue weighted by molar-refractivity contribution is 7.21. The molecule has 1 aliphatic heterocycles. The highest BCUT2D eigenvalue weighted by Crippen LogP contribution is 2.38. The first-order valence-corrected chi connectivity index (χ1v) is 12.1. The number of nitrogens with one attached hydrogen (secondary N) is 1. The van der Waals surface area contributed by atoms with Crippen molar-refractivity contribution >= 4 is 33.2 Å². The van der Waals surface area contributed by atoms with Gasteiger partial charge in [0.25, 0.3) is 5.91 Å². The van der Waals surface area contributed by atoms with Crippen LogP contribution in [0.1, 0.15) is 73.7 Å². The molecule has 5 nitrogen and oxygen atoms in total. The van der Waals surface area contributed by atoms with Gasteiger partial charge in [0, 0.05) is 29.3 Å². The van der Waals surface area contributed by atoms with Crippen LogP contribution in [0.15, 0.2) is 24.3 Å². The minimum Gasteiger partial charge on any atom is -0.370 e. The summed E-state index contributed by atoms with van der Waals surface area (Å²) < 4.78 is 7.21. The van der Waals surface area contributed by atoms with E-state index in [2.05, 4.69) is 11.4 Å². The van der Waals surface area contributed by atoms with Crippen molar-refractivity contribution in [2.75, 3.05) is 19.7 Å². The number of hydrogen-bond donors (Lipinski definition) is 1. The minimum absolute atomic E-state index is 0.0598. The van der Waals surface area contributed by atoms with E-state index < -0.39 is 0 Å². The zero-order valence-corrected chi connectivity index (χ0v) is 18.8. The molecule has 2 amide bonds. The van der Waals surface area contributed by atoms with Crippen LogP contribution in [-0.4, -0.2) is 42.5 Å². The van der Waals surface area contributed by atoms with E-state index in [0.29, 0.717) is 36.9 Å². The molecule has 2 aromatic rings. The first-order chi connectivity index (χ1) is 14.5. The number of rotatable bonds is 5. The van der Waals surface area contributed by atoms with Crippen molar-refractivity contribution in [1.29, 1.82) is 0 Å². The van der Waals surface area contributed by atoms with E-state index in [4.69, 9.17) is 4.74 Å². The van der Waals surface area contributed by atoms with Crippen molar-refractivity contribution in [3.8, 4) is 0 Å². The largest absolute Gasteiger partial charge is 0.370 e. The van der Waals surface area contributed by atoms with Crippen LogP contribution in [-0.2, 0) is 9.53 Å². The van der Waals surface area contributed by atoms with Crippen LogP contribution in [0.2, 0.25) is 0 Å². The lowest BCUT2D eigenvalue weighted by Crippen LogP contribution is -2.43. The Hall–Kier alpha value is -1.92. The molecular weight excluding hydrogens is 396 g/mol. The SMILES string of the molecule is CC(C)NC(=O)c1sc2ccccc2c1[C@@H]1CN(C(=O)CC2CCCCC2)CCO1. The van der Waals surface area contributed by atoms with Gasteiger partial charge in [-0.2, -0.15) is 0 Å². The van der Waals surface area contributed by atoms with Gasteiger partial charge in [-0.3, -0.25) is 9.59 Å². The second-order valence-electron chi connectivity index (χ2n) is 8.88. The van der Waals surface area contributed by atoms with Crippen molar-refractivity contribution in [1.82, 2.24) is 10.2 Å². The van der Waals surface area contributed by atoms with Crippen LogP contribution in [0.25, 0.3) is 10.1 Å². The third kappa shape index (κ3) is 4.70. The summed E-state index contributed by atoms with van der Waals surface area (Å²) in [6.45, 7) is 5.60. The molecule has 30 heavy (non-hydrogen) atoms. The number of amides is 2. The smallest absolute Gasteiger partial charge is 0.261 e. The third-order valence-electron chi connectivity index (χ3n) is 6.19. The number of benzene rings is 1. The molecule has 1 aliphatic carbocycles. The molecule has 2 aliphatic rings. The quantitative estimate of drug-likeness (QED) is 0.736. The molecule has 1 N–H and O–H groups in total. The normalized spacial score (nSPS) is 20.6. The number of morpholine rings is 1. The van der Waals surface area contributed by atoms with E-state index in [1.54, 1.807) is 0 Å². The van der Waals surface area contributed by atoms with Crippen molar-refractivity contribution < 1.29 is 14.3 Å². The van der Waals surface area contributed by atoms with Gasteiger partial charge in [-0.1, -0.05) is 37.5 Å². The van der Waals surface area contributed by atoms with Gasteiger partial charge in [0.15, 0.2) is 0 Å². The lowest BCUT2D eigenvalue weighted by Gasteiger charge is -2.34. The van der Waals surface area contributed by atoms with Gasteiger partial charge >= 0.3 is 0 Å². The second kappa shape index (κ2) is 9.48. The fourth-order valence-electron chi connectivity index (χ4n) is 4.70. The number of ether oxygens (including phenoxy) is 1. The zero-order valence-electron chi connectivity index (χ0n) is 18.0. The topological polar surface area (TPSA) is 58.6 Å². The molecule has 2 fully saturated rings. The first kappa shape index (κ1) is 21.3. The van der Waals surface area contributed by atoms with Crippen molar-refractivity contribution in [2.24, 2.45) is 5.92 Å². The van der Waals surface area contributed by atoms with E-state index in [-0.39, 0.29) is 24.0 Å². The van der Waals surface area contributed by atoms with Crippen LogP contribution < -0.4 is 5.32 Å². The average Bonchev–Trinajstić information content (AvgIpc) is 3.14. The number of nitrogens with zero attached hydrogens (tertiary/aromatic N) is 1. The molecule has 1 aromatic carbocycles. The van der Waals surface area contributed by atoms with Crippen molar-refractivity contribution in [3.63, 3.8) is 0 Å². The van der Waals surface area contributed by atoms with Gasteiger partial charge in [-0.05, 0) is 44.1 Å². The molecule has 1 saturated heterocycles. The molecular formula is C24H32N2O3S. The number of carbonyl (C=O) groups is 2. The molecule has 6 heteroatoms. The summed E-state index contributed by atoms with van der Waals surface area (Å²) >= 11 is 1.51. The number of thiophene rings is 1. The molecule has 1 atom stereocenters. The highest BCUT2D eigenvalue weighted by Gasteiger charge is 2.32. The van der Waals surface area contributed by atoms with Crippen LogP contribution >= 0.6 is 11.3 Å². The maximum Gasteiger partial charge on any atom is 0.261 e. The lowest BCUT2D eigenvalue weighted by atomic mass is 9.86. The fourth-order valence-corrected chi connectivity index (χ4v) is 5.86. The number of fused-ring (bicyclic) bond motifs is 1. The van der Waals surface area contributed by atoms with Gasteiger partial charge in [0.05, 0.1) is 18.0 Å². The van der Waals surface area contributed by atoms with Crippen LogP contribution in [0, 0.1) is 5.92 Å². The molecule has 162 valence electrons. The predicted octanol–water partition coefficient (Wildman–Crippen LogP) is 4.91.